The lowest BCUT2D eigenvalue weighted by atomic mass is 9.83. The van der Waals surface area contributed by atoms with Crippen LogP contribution < -0.4 is 5.32 Å². The first-order valence-electron chi connectivity index (χ1n) is 18.9. The maximum atomic E-state index is 14.4. The van der Waals surface area contributed by atoms with Gasteiger partial charge in [-0.1, -0.05) is 71.4 Å². The van der Waals surface area contributed by atoms with Crippen LogP contribution >= 0.6 is 0 Å². The number of fused-ring (bicyclic) bond motifs is 1. The molecule has 0 bridgehead atoms. The number of carbonyl (C=O) groups excluding carboxylic acids is 7. The summed E-state index contributed by atoms with van der Waals surface area (Å²) in [6.45, 7) is 8.89. The maximum Gasteiger partial charge on any atom is 0.307 e. The van der Waals surface area contributed by atoms with Crippen molar-refractivity contribution in [3.8, 4) is 0 Å². The first-order valence-corrected chi connectivity index (χ1v) is 18.9. The highest BCUT2D eigenvalue weighted by molar-refractivity contribution is 6.38. The summed E-state index contributed by atoms with van der Waals surface area (Å²) >= 11 is 0. The predicted octanol–water partition coefficient (Wildman–Crippen LogP) is 4.12. The Hall–Kier alpha value is -4.94. The molecule has 3 unspecified atom stereocenters. The second-order valence-electron chi connectivity index (χ2n) is 15.4. The topological polar surface area (TPSA) is 198 Å². The molecule has 13 heteroatoms. The molecule has 2 heterocycles. The van der Waals surface area contributed by atoms with Gasteiger partial charge in [-0.15, -0.1) is 0 Å². The van der Waals surface area contributed by atoms with Gasteiger partial charge in [-0.05, 0) is 42.6 Å². The van der Waals surface area contributed by atoms with E-state index < -0.39 is 89.1 Å². The summed E-state index contributed by atoms with van der Waals surface area (Å²) in [6.07, 6.45) is 4.51. The van der Waals surface area contributed by atoms with Gasteiger partial charge < -0.3 is 15.3 Å². The fourth-order valence-electron chi connectivity index (χ4n) is 7.81. The number of amides is 2. The standard InChI is InChI=1S/C41H52N4O9/c1-6-10-26(38(50)35(49)19-27(41(53)54)17-25-11-8-7-9-12-25)18-34(48)37-28-13-14-32(46)30(28)22-45(37)40(52)36(24(4)5)44-39(51)29(23(2)3)20-33(47)31-21-42-15-16-43-31/h7-9,11-12,15-16,21,23-24,26-30,36-37H,6,10,13-14,17-20,22H2,1-5H3,(H,44,51)(H,53,54)/t26?,27-,28+,29-,30?,36+,37?/m1/s1. The van der Waals surface area contributed by atoms with Crippen LogP contribution in [0.2, 0.25) is 0 Å². The molecule has 1 aliphatic heterocycles. The zero-order valence-electron chi connectivity index (χ0n) is 31.7. The fraction of sp³-hybridized carbons (Fsp3) is 0.561. The molecule has 2 N–H and O–H groups in total. The molecule has 1 saturated heterocycles. The molecule has 1 saturated carbocycles. The van der Waals surface area contributed by atoms with Gasteiger partial charge in [-0.2, -0.15) is 0 Å². The molecule has 13 nitrogen and oxygen atoms in total. The zero-order chi connectivity index (χ0) is 39.7. The fourth-order valence-corrected chi connectivity index (χ4v) is 7.81. The van der Waals surface area contributed by atoms with Crippen molar-refractivity contribution < 1.29 is 43.5 Å². The molecule has 54 heavy (non-hydrogen) atoms. The monoisotopic (exact) mass is 744 g/mol. The minimum atomic E-state index is -1.20. The SMILES string of the molecule is CCCC(CC(=O)C1[C@H]2CCC(=O)C2CN1C(=O)[C@@H](NC(=O)[C@H](CC(=O)c1cnccn1)C(C)C)C(C)C)C(=O)C(=O)C[C@@H](Cc1ccccc1)C(=O)O. The smallest absolute Gasteiger partial charge is 0.307 e. The number of carboxylic acid groups (broad SMARTS) is 1. The Labute approximate surface area is 316 Å². The lowest BCUT2D eigenvalue weighted by Gasteiger charge is -2.33. The number of likely N-dealkylation sites (tertiary alicyclic amines) is 1. The number of carbonyl (C=O) groups is 8. The van der Waals surface area contributed by atoms with Crippen LogP contribution in [0.5, 0.6) is 0 Å². The Bertz CT molecular complexity index is 1710. The minimum Gasteiger partial charge on any atom is -0.481 e. The van der Waals surface area contributed by atoms with Crippen molar-refractivity contribution in [3.63, 3.8) is 0 Å². The average Bonchev–Trinajstić information content (AvgIpc) is 3.71. The summed E-state index contributed by atoms with van der Waals surface area (Å²) in [5.41, 5.74) is 0.834. The van der Waals surface area contributed by atoms with E-state index in [-0.39, 0.29) is 61.8 Å². The van der Waals surface area contributed by atoms with E-state index in [4.69, 9.17) is 0 Å². The Morgan fingerprint density at radius 1 is 0.926 bits per heavy atom. The first-order chi connectivity index (χ1) is 25.6. The number of aliphatic carboxylic acids is 1. The number of aromatic nitrogens is 2. The van der Waals surface area contributed by atoms with Gasteiger partial charge in [-0.25, -0.2) is 4.98 Å². The van der Waals surface area contributed by atoms with Gasteiger partial charge in [0.15, 0.2) is 17.3 Å². The van der Waals surface area contributed by atoms with Crippen molar-refractivity contribution in [3.05, 3.63) is 60.2 Å². The average molecular weight is 745 g/mol. The molecule has 1 aromatic heterocycles. The van der Waals surface area contributed by atoms with Crippen molar-refractivity contribution in [1.82, 2.24) is 20.2 Å². The predicted molar refractivity (Wildman–Crippen MR) is 197 cm³/mol. The number of ketones is 5. The molecule has 2 aromatic rings. The van der Waals surface area contributed by atoms with Crippen LogP contribution in [0.25, 0.3) is 0 Å². The number of nitrogens with zero attached hydrogens (tertiary/aromatic N) is 3. The van der Waals surface area contributed by atoms with Crippen LogP contribution in [-0.2, 0) is 40.0 Å². The number of Topliss-reactive ketones (excluding diaryl/α,β-unsaturated/α-hetero) is 5. The minimum absolute atomic E-state index is 0.0122. The Morgan fingerprint density at radius 2 is 1.63 bits per heavy atom. The van der Waals surface area contributed by atoms with Gasteiger partial charge >= 0.3 is 5.97 Å². The molecule has 7 atom stereocenters. The maximum absolute atomic E-state index is 14.4. The largest absolute Gasteiger partial charge is 0.481 e. The molecule has 2 aliphatic rings. The summed E-state index contributed by atoms with van der Waals surface area (Å²) in [4.78, 5) is 117. The van der Waals surface area contributed by atoms with Gasteiger partial charge in [0.2, 0.25) is 17.6 Å². The second kappa shape index (κ2) is 18.9. The van der Waals surface area contributed by atoms with Crippen molar-refractivity contribution in [2.24, 2.45) is 41.4 Å². The van der Waals surface area contributed by atoms with Crippen molar-refractivity contribution >= 4 is 46.7 Å². The van der Waals surface area contributed by atoms with Gasteiger partial charge in [0, 0.05) is 62.4 Å². The van der Waals surface area contributed by atoms with Crippen LogP contribution in [-0.4, -0.2) is 85.3 Å². The molecule has 2 fully saturated rings. The summed E-state index contributed by atoms with van der Waals surface area (Å²) in [6, 6.07) is 6.68. The van der Waals surface area contributed by atoms with E-state index in [1.165, 1.54) is 23.5 Å². The Kier molecular flexibility index (Phi) is 14.6. The molecule has 1 aliphatic carbocycles. The molecule has 290 valence electrons. The van der Waals surface area contributed by atoms with Crippen molar-refractivity contribution in [2.45, 2.75) is 98.1 Å². The summed E-state index contributed by atoms with van der Waals surface area (Å²) in [7, 11) is 0. The summed E-state index contributed by atoms with van der Waals surface area (Å²) in [5, 5.41) is 12.7. The molecular weight excluding hydrogens is 692 g/mol. The van der Waals surface area contributed by atoms with Gasteiger partial charge in [-0.3, -0.25) is 43.3 Å². The Balaban J connectivity index is 1.52. The van der Waals surface area contributed by atoms with E-state index >= 15 is 0 Å². The highest BCUT2D eigenvalue weighted by Gasteiger charge is 2.54. The normalized spacial score (nSPS) is 20.2. The molecular formula is C41H52N4O9. The summed E-state index contributed by atoms with van der Waals surface area (Å²) in [5.74, 6) is -9.50. The van der Waals surface area contributed by atoms with Gasteiger partial charge in [0.1, 0.15) is 17.5 Å². The molecule has 4 rings (SSSR count). The quantitative estimate of drug-likeness (QED) is 0.146. The van der Waals surface area contributed by atoms with Crippen LogP contribution in [0, 0.1) is 41.4 Å². The zero-order valence-corrected chi connectivity index (χ0v) is 31.7. The molecule has 0 spiro atoms. The van der Waals surface area contributed by atoms with E-state index in [1.54, 1.807) is 58.0 Å². The van der Waals surface area contributed by atoms with Crippen LogP contribution in [0.4, 0.5) is 0 Å². The van der Waals surface area contributed by atoms with E-state index in [1.807, 2.05) is 6.92 Å². The third kappa shape index (κ3) is 10.2. The lowest BCUT2D eigenvalue weighted by Crippen LogP contribution is -2.56. The summed E-state index contributed by atoms with van der Waals surface area (Å²) < 4.78 is 0. The number of hydrogen-bond donors (Lipinski definition) is 2. The van der Waals surface area contributed by atoms with Crippen LogP contribution in [0.3, 0.4) is 0 Å². The van der Waals surface area contributed by atoms with Crippen LogP contribution in [0.15, 0.2) is 48.9 Å². The number of nitrogens with one attached hydrogen (secondary N) is 1. The van der Waals surface area contributed by atoms with Crippen LogP contribution in [0.1, 0.15) is 95.6 Å². The number of benzene rings is 1. The van der Waals surface area contributed by atoms with E-state index in [2.05, 4.69) is 15.3 Å². The highest BCUT2D eigenvalue weighted by Crippen LogP contribution is 2.42. The molecule has 1 aromatic carbocycles. The molecule has 0 radical (unpaired) electrons. The van der Waals surface area contributed by atoms with E-state index in [9.17, 15) is 43.5 Å². The second-order valence-corrected chi connectivity index (χ2v) is 15.4. The van der Waals surface area contributed by atoms with Crippen molar-refractivity contribution in [1.29, 1.82) is 0 Å². The van der Waals surface area contributed by atoms with E-state index in [0.717, 1.165) is 0 Å². The number of carboxylic acids is 1. The van der Waals surface area contributed by atoms with Gasteiger partial charge in [0.25, 0.3) is 0 Å². The third-order valence-corrected chi connectivity index (χ3v) is 10.9. The number of rotatable bonds is 20. The first kappa shape index (κ1) is 41.8. The van der Waals surface area contributed by atoms with Gasteiger partial charge in [0.05, 0.1) is 18.2 Å². The number of hydrogen-bond acceptors (Lipinski definition) is 10. The molecule has 2 amide bonds. The Morgan fingerprint density at radius 3 is 2.22 bits per heavy atom. The van der Waals surface area contributed by atoms with E-state index in [0.29, 0.717) is 18.4 Å². The third-order valence-electron chi connectivity index (χ3n) is 10.9. The lowest BCUT2D eigenvalue weighted by molar-refractivity contribution is -0.147. The highest BCUT2D eigenvalue weighted by atomic mass is 16.4. The van der Waals surface area contributed by atoms with Crippen molar-refractivity contribution in [2.75, 3.05) is 6.54 Å².